The maximum absolute atomic E-state index is 6.44. The molecule has 5 heteroatoms. The maximum Gasteiger partial charge on any atom is 0.232 e. The molecule has 2 rings (SSSR count). The second kappa shape index (κ2) is 7.39. The van der Waals surface area contributed by atoms with Crippen molar-refractivity contribution in [3.05, 3.63) is 46.2 Å². The van der Waals surface area contributed by atoms with Gasteiger partial charge in [0.2, 0.25) is 11.8 Å². The van der Waals surface area contributed by atoms with E-state index in [1.807, 2.05) is 19.1 Å². The van der Waals surface area contributed by atoms with Crippen LogP contribution in [0.3, 0.4) is 0 Å². The van der Waals surface area contributed by atoms with E-state index >= 15 is 0 Å². The van der Waals surface area contributed by atoms with Crippen molar-refractivity contribution in [1.82, 2.24) is 9.97 Å². The zero-order valence-electron chi connectivity index (χ0n) is 15.2. The van der Waals surface area contributed by atoms with Crippen LogP contribution in [0.15, 0.2) is 24.5 Å². The molecule has 0 spiro atoms. The fourth-order valence-electron chi connectivity index (χ4n) is 2.77. The van der Waals surface area contributed by atoms with Gasteiger partial charge in [-0.05, 0) is 36.1 Å². The molecule has 0 radical (unpaired) electrons. The highest BCUT2D eigenvalue weighted by Gasteiger charge is 2.26. The van der Waals surface area contributed by atoms with Crippen LogP contribution >= 0.6 is 11.6 Å². The number of pyridine rings is 2. The van der Waals surface area contributed by atoms with Gasteiger partial charge in [-0.2, -0.15) is 0 Å². The molecule has 130 valence electrons. The molecule has 4 nitrogen and oxygen atoms in total. The first-order chi connectivity index (χ1) is 11.3. The van der Waals surface area contributed by atoms with E-state index in [0.29, 0.717) is 29.3 Å². The summed E-state index contributed by atoms with van der Waals surface area (Å²) in [7, 11) is 1.63. The second-order valence-corrected chi connectivity index (χ2v) is 7.22. The van der Waals surface area contributed by atoms with Crippen LogP contribution in [-0.2, 0) is 5.41 Å². The molecule has 0 N–H and O–H groups in total. The number of ether oxygens (including phenoxy) is 2. The first-order valence-corrected chi connectivity index (χ1v) is 8.43. The van der Waals surface area contributed by atoms with Crippen LogP contribution in [0.5, 0.6) is 11.8 Å². The van der Waals surface area contributed by atoms with Gasteiger partial charge in [0.25, 0.3) is 0 Å². The largest absolute Gasteiger partial charge is 0.481 e. The summed E-state index contributed by atoms with van der Waals surface area (Å²) >= 11 is 6.44. The van der Waals surface area contributed by atoms with Gasteiger partial charge < -0.3 is 9.47 Å². The highest BCUT2D eigenvalue weighted by molar-refractivity contribution is 6.32. The van der Waals surface area contributed by atoms with Gasteiger partial charge in [0.15, 0.2) is 0 Å². The van der Waals surface area contributed by atoms with E-state index < -0.39 is 0 Å². The van der Waals surface area contributed by atoms with E-state index in [1.54, 1.807) is 19.5 Å². The molecular weight excluding hydrogens is 324 g/mol. The lowest BCUT2D eigenvalue weighted by molar-refractivity contribution is 0.231. The normalized spacial score (nSPS) is 11.7. The molecule has 0 aliphatic rings. The molecule has 0 aromatic carbocycles. The first kappa shape index (κ1) is 18.5. The van der Waals surface area contributed by atoms with Crippen molar-refractivity contribution in [3.63, 3.8) is 0 Å². The molecule has 0 saturated heterocycles. The molecular formula is C19H25ClN2O2. The van der Waals surface area contributed by atoms with Gasteiger partial charge in [-0.25, -0.2) is 9.97 Å². The Morgan fingerprint density at radius 1 is 1.12 bits per heavy atom. The Morgan fingerprint density at radius 3 is 2.38 bits per heavy atom. The Hall–Kier alpha value is -1.81. The number of nitrogens with zero attached hydrogens (tertiary/aromatic N) is 2. The Balaban J connectivity index is 2.24. The first-order valence-electron chi connectivity index (χ1n) is 8.05. The summed E-state index contributed by atoms with van der Waals surface area (Å²) in [5, 5.41) is 0.590. The van der Waals surface area contributed by atoms with E-state index in [-0.39, 0.29) is 5.41 Å². The predicted octanol–water partition coefficient (Wildman–Crippen LogP) is 4.93. The minimum Gasteiger partial charge on any atom is -0.481 e. The molecule has 0 bridgehead atoms. The van der Waals surface area contributed by atoms with Crippen LogP contribution in [0, 0.1) is 6.92 Å². The molecule has 0 saturated carbocycles. The van der Waals surface area contributed by atoms with Crippen LogP contribution in [0.1, 0.15) is 50.3 Å². The van der Waals surface area contributed by atoms with E-state index in [0.717, 1.165) is 16.7 Å². The van der Waals surface area contributed by atoms with Crippen LogP contribution in [0.2, 0.25) is 5.02 Å². The van der Waals surface area contributed by atoms with Crippen LogP contribution in [-0.4, -0.2) is 23.7 Å². The maximum atomic E-state index is 6.44. The van der Waals surface area contributed by atoms with Crippen molar-refractivity contribution in [2.24, 2.45) is 0 Å². The van der Waals surface area contributed by atoms with Gasteiger partial charge in [0, 0.05) is 23.4 Å². The number of hydrogen-bond donors (Lipinski definition) is 0. The number of aromatic nitrogens is 2. The molecule has 2 aromatic heterocycles. The molecule has 24 heavy (non-hydrogen) atoms. The summed E-state index contributed by atoms with van der Waals surface area (Å²) in [6, 6.07) is 3.93. The summed E-state index contributed by atoms with van der Waals surface area (Å²) in [6.45, 7) is 10.9. The second-order valence-electron chi connectivity index (χ2n) is 6.84. The zero-order chi connectivity index (χ0) is 17.9. The van der Waals surface area contributed by atoms with E-state index in [1.165, 1.54) is 0 Å². The quantitative estimate of drug-likeness (QED) is 0.742. The molecule has 0 atom stereocenters. The summed E-state index contributed by atoms with van der Waals surface area (Å²) in [5.74, 6) is 1.44. The van der Waals surface area contributed by atoms with E-state index in [2.05, 4.69) is 37.7 Å². The number of rotatable bonds is 6. The Kier molecular flexibility index (Phi) is 5.70. The third-order valence-electron chi connectivity index (χ3n) is 4.16. The van der Waals surface area contributed by atoms with Crippen LogP contribution in [0.25, 0.3) is 0 Å². The predicted molar refractivity (Wildman–Crippen MR) is 97.4 cm³/mol. The van der Waals surface area contributed by atoms with E-state index in [4.69, 9.17) is 21.1 Å². The van der Waals surface area contributed by atoms with Gasteiger partial charge in [-0.3, -0.25) is 0 Å². The van der Waals surface area contributed by atoms with Gasteiger partial charge in [0.05, 0.1) is 13.7 Å². The van der Waals surface area contributed by atoms with E-state index in [9.17, 15) is 0 Å². The molecule has 0 aliphatic heterocycles. The average molecular weight is 349 g/mol. The topological polar surface area (TPSA) is 44.2 Å². The summed E-state index contributed by atoms with van der Waals surface area (Å²) in [4.78, 5) is 8.52. The van der Waals surface area contributed by atoms with Gasteiger partial charge >= 0.3 is 0 Å². The summed E-state index contributed by atoms with van der Waals surface area (Å²) in [6.07, 6.45) is 3.50. The third kappa shape index (κ3) is 3.81. The number of halogens is 1. The fraction of sp³-hybridized carbons (Fsp3) is 0.474. The minimum absolute atomic E-state index is 0.237. The number of methoxy groups -OCH3 is 1. The number of hydrogen-bond acceptors (Lipinski definition) is 4. The summed E-state index contributed by atoms with van der Waals surface area (Å²) in [5.41, 5.74) is 2.95. The van der Waals surface area contributed by atoms with Crippen molar-refractivity contribution in [1.29, 1.82) is 0 Å². The lowest BCUT2D eigenvalue weighted by Gasteiger charge is -2.27. The zero-order valence-corrected chi connectivity index (χ0v) is 15.9. The van der Waals surface area contributed by atoms with Crippen molar-refractivity contribution >= 4 is 11.6 Å². The van der Waals surface area contributed by atoms with Crippen molar-refractivity contribution < 1.29 is 9.47 Å². The highest BCUT2D eigenvalue weighted by atomic mass is 35.5. The standard InChI is InChI=1S/C19H25ClN2O2/c1-12(2)14-7-9-22-18(16(14)20)24-11-19(4,5)15-8-10-21-17(23-6)13(15)3/h7-10,12H,11H2,1-6H3. The third-order valence-corrected chi connectivity index (χ3v) is 4.54. The molecule has 2 aromatic rings. The lowest BCUT2D eigenvalue weighted by Crippen LogP contribution is -2.28. The Labute approximate surface area is 149 Å². The summed E-state index contributed by atoms with van der Waals surface area (Å²) < 4.78 is 11.3. The molecule has 0 unspecified atom stereocenters. The van der Waals surface area contributed by atoms with Crippen molar-refractivity contribution in [2.75, 3.05) is 13.7 Å². The molecule has 0 fully saturated rings. The monoisotopic (exact) mass is 348 g/mol. The molecule has 2 heterocycles. The van der Waals surface area contributed by atoms with Gasteiger partial charge in [0.1, 0.15) is 5.02 Å². The van der Waals surface area contributed by atoms with Crippen molar-refractivity contribution in [3.8, 4) is 11.8 Å². The fourth-order valence-corrected chi connectivity index (χ4v) is 3.15. The van der Waals surface area contributed by atoms with Gasteiger partial charge in [-0.1, -0.05) is 39.3 Å². The van der Waals surface area contributed by atoms with Gasteiger partial charge in [-0.15, -0.1) is 0 Å². The van der Waals surface area contributed by atoms with Crippen LogP contribution in [0.4, 0.5) is 0 Å². The Morgan fingerprint density at radius 2 is 1.75 bits per heavy atom. The molecule has 0 aliphatic carbocycles. The van der Waals surface area contributed by atoms with Crippen molar-refractivity contribution in [2.45, 2.75) is 46.0 Å². The highest BCUT2D eigenvalue weighted by Crippen LogP contribution is 2.34. The average Bonchev–Trinajstić information content (AvgIpc) is 2.53. The van der Waals surface area contributed by atoms with Crippen LogP contribution < -0.4 is 9.47 Å². The SMILES string of the molecule is COc1nccc(C(C)(C)COc2nccc(C(C)C)c2Cl)c1C. The smallest absolute Gasteiger partial charge is 0.232 e. The Bertz CT molecular complexity index is 715. The molecule has 0 amide bonds. The minimum atomic E-state index is -0.237. The lowest BCUT2D eigenvalue weighted by atomic mass is 9.83.